The lowest BCUT2D eigenvalue weighted by Crippen LogP contribution is -2.05. The highest BCUT2D eigenvalue weighted by Crippen LogP contribution is 2.35. The van der Waals surface area contributed by atoms with Crippen molar-refractivity contribution in [3.05, 3.63) is 78.4 Å². The van der Waals surface area contributed by atoms with Crippen molar-refractivity contribution in [2.45, 2.75) is 38.8 Å². The van der Waals surface area contributed by atoms with Gasteiger partial charge in [-0.3, -0.25) is 4.57 Å². The molecule has 1 aromatic heterocycles. The number of aromatic nitrogens is 2. The molecule has 0 atom stereocenters. The van der Waals surface area contributed by atoms with E-state index in [0.29, 0.717) is 23.5 Å². The third-order valence-corrected chi connectivity index (χ3v) is 5.36. The van der Waals surface area contributed by atoms with Crippen LogP contribution in [0.3, 0.4) is 0 Å². The summed E-state index contributed by atoms with van der Waals surface area (Å²) >= 11 is 0. The minimum absolute atomic E-state index is 0.405. The molecule has 0 saturated carbocycles. The fourth-order valence-corrected chi connectivity index (χ4v) is 3.73. The number of halogens is 3. The Morgan fingerprint density at radius 3 is 2.44 bits per heavy atom. The molecular weight excluding hydrogens is 413 g/mol. The third kappa shape index (κ3) is 4.79. The van der Waals surface area contributed by atoms with E-state index in [1.54, 1.807) is 6.07 Å². The molecule has 4 rings (SSSR count). The Morgan fingerprint density at radius 2 is 1.69 bits per heavy atom. The minimum Gasteiger partial charge on any atom is -0.494 e. The fourth-order valence-electron chi connectivity index (χ4n) is 3.73. The summed E-state index contributed by atoms with van der Waals surface area (Å²) in [7, 11) is 0. The number of nitrogens with zero attached hydrogens (tertiary/aromatic N) is 2. The van der Waals surface area contributed by atoms with E-state index >= 15 is 0 Å². The van der Waals surface area contributed by atoms with Crippen LogP contribution >= 0.6 is 0 Å². The molecule has 32 heavy (non-hydrogen) atoms. The van der Waals surface area contributed by atoms with Gasteiger partial charge >= 0.3 is 6.18 Å². The number of hydrogen-bond acceptors (Lipinski definition) is 2. The summed E-state index contributed by atoms with van der Waals surface area (Å²) in [5, 5.41) is 0. The van der Waals surface area contributed by atoms with Gasteiger partial charge in [-0.15, -0.1) is 0 Å². The Hall–Kier alpha value is -3.28. The molecule has 1 heterocycles. The highest BCUT2D eigenvalue weighted by molar-refractivity contribution is 5.84. The number of benzene rings is 3. The molecule has 6 heteroatoms. The first-order chi connectivity index (χ1) is 15.5. The monoisotopic (exact) mass is 438 g/mol. The minimum atomic E-state index is -4.42. The molecule has 0 radical (unpaired) electrons. The zero-order valence-corrected chi connectivity index (χ0v) is 17.9. The highest BCUT2D eigenvalue weighted by Gasteiger charge is 2.31. The molecule has 0 fully saturated rings. The molecule has 166 valence electrons. The second kappa shape index (κ2) is 9.47. The van der Waals surface area contributed by atoms with Gasteiger partial charge in [-0.05, 0) is 42.8 Å². The predicted molar refractivity (Wildman–Crippen MR) is 121 cm³/mol. The summed E-state index contributed by atoms with van der Waals surface area (Å²) in [6, 6.07) is 20.4. The summed E-state index contributed by atoms with van der Waals surface area (Å²) in [5.74, 6) is 1.18. The van der Waals surface area contributed by atoms with E-state index in [4.69, 9.17) is 4.74 Å². The van der Waals surface area contributed by atoms with Crippen molar-refractivity contribution in [3.8, 4) is 22.8 Å². The van der Waals surface area contributed by atoms with Gasteiger partial charge in [0.05, 0.1) is 23.2 Å². The van der Waals surface area contributed by atoms with Crippen molar-refractivity contribution in [1.82, 2.24) is 9.55 Å². The summed E-state index contributed by atoms with van der Waals surface area (Å²) in [4.78, 5) is 4.68. The van der Waals surface area contributed by atoms with Crippen molar-refractivity contribution in [2.75, 3.05) is 6.61 Å². The average molecular weight is 438 g/mol. The van der Waals surface area contributed by atoms with Gasteiger partial charge in [0.1, 0.15) is 11.6 Å². The SMILES string of the molecule is CCCCCCOc1ccc2nc(-c3cccc(C(F)(F)F)c3)n(-c3ccccc3)c2c1. The van der Waals surface area contributed by atoms with Crippen LogP contribution in [0.5, 0.6) is 5.75 Å². The van der Waals surface area contributed by atoms with Crippen molar-refractivity contribution >= 4 is 11.0 Å². The van der Waals surface area contributed by atoms with Gasteiger partial charge in [-0.25, -0.2) is 4.98 Å². The number of para-hydroxylation sites is 1. The maximum absolute atomic E-state index is 13.3. The summed E-state index contributed by atoms with van der Waals surface area (Å²) in [6.07, 6.45) is 0.0438. The van der Waals surface area contributed by atoms with Crippen LogP contribution in [0, 0.1) is 0 Å². The maximum Gasteiger partial charge on any atom is 0.416 e. The van der Waals surface area contributed by atoms with Gasteiger partial charge in [0.2, 0.25) is 0 Å². The first-order valence-electron chi connectivity index (χ1n) is 10.9. The molecule has 0 saturated heterocycles. The number of rotatable bonds is 8. The Labute approximate surface area is 185 Å². The highest BCUT2D eigenvalue weighted by atomic mass is 19.4. The molecule has 3 nitrogen and oxygen atoms in total. The van der Waals surface area contributed by atoms with E-state index in [1.807, 2.05) is 53.1 Å². The maximum atomic E-state index is 13.3. The van der Waals surface area contributed by atoms with Crippen molar-refractivity contribution in [1.29, 1.82) is 0 Å². The Kier molecular flexibility index (Phi) is 6.49. The predicted octanol–water partition coefficient (Wildman–Crippen LogP) is 7.67. The van der Waals surface area contributed by atoms with Gasteiger partial charge in [-0.2, -0.15) is 13.2 Å². The van der Waals surface area contributed by atoms with Crippen LogP contribution in [0.2, 0.25) is 0 Å². The molecule has 0 bridgehead atoms. The van der Waals surface area contributed by atoms with Crippen molar-refractivity contribution < 1.29 is 17.9 Å². The third-order valence-electron chi connectivity index (χ3n) is 5.36. The van der Waals surface area contributed by atoms with E-state index in [9.17, 15) is 13.2 Å². The molecule has 0 spiro atoms. The largest absolute Gasteiger partial charge is 0.494 e. The number of ether oxygens (including phenoxy) is 1. The van der Waals surface area contributed by atoms with Gasteiger partial charge in [0.15, 0.2) is 0 Å². The van der Waals surface area contributed by atoms with E-state index in [-0.39, 0.29) is 0 Å². The van der Waals surface area contributed by atoms with E-state index < -0.39 is 11.7 Å². The first-order valence-corrected chi connectivity index (χ1v) is 10.9. The summed E-state index contributed by atoms with van der Waals surface area (Å²) < 4.78 is 47.8. The molecule has 0 amide bonds. The number of hydrogen-bond donors (Lipinski definition) is 0. The number of unbranched alkanes of at least 4 members (excludes halogenated alkanes) is 3. The van der Waals surface area contributed by atoms with Gasteiger partial charge < -0.3 is 4.74 Å². The molecule has 0 unspecified atom stereocenters. The molecule has 0 aliphatic rings. The van der Waals surface area contributed by atoms with Crippen LogP contribution in [0.25, 0.3) is 28.1 Å². The lowest BCUT2D eigenvalue weighted by molar-refractivity contribution is -0.137. The number of imidazole rings is 1. The first kappa shape index (κ1) is 21.9. The second-order valence-electron chi connectivity index (χ2n) is 7.74. The zero-order valence-electron chi connectivity index (χ0n) is 17.9. The topological polar surface area (TPSA) is 27.1 Å². The van der Waals surface area contributed by atoms with Crippen LogP contribution in [0.15, 0.2) is 72.8 Å². The quantitative estimate of drug-likeness (QED) is 0.264. The normalized spacial score (nSPS) is 11.8. The summed E-state index contributed by atoms with van der Waals surface area (Å²) in [6.45, 7) is 2.80. The van der Waals surface area contributed by atoms with Gasteiger partial charge in [-0.1, -0.05) is 56.5 Å². The van der Waals surface area contributed by atoms with Gasteiger partial charge in [0.25, 0.3) is 0 Å². The average Bonchev–Trinajstić information content (AvgIpc) is 3.18. The molecule has 0 aliphatic carbocycles. The van der Waals surface area contributed by atoms with Crippen LogP contribution in [0.1, 0.15) is 38.2 Å². The van der Waals surface area contributed by atoms with Crippen LogP contribution in [-0.4, -0.2) is 16.2 Å². The lowest BCUT2D eigenvalue weighted by Gasteiger charge is -2.12. The number of fused-ring (bicyclic) bond motifs is 1. The Balaban J connectivity index is 1.78. The number of alkyl halides is 3. The lowest BCUT2D eigenvalue weighted by atomic mass is 10.1. The Bertz CT molecular complexity index is 1180. The van der Waals surface area contributed by atoms with Crippen molar-refractivity contribution in [3.63, 3.8) is 0 Å². The fraction of sp³-hybridized carbons (Fsp3) is 0.269. The van der Waals surface area contributed by atoms with Gasteiger partial charge in [0, 0.05) is 17.3 Å². The molecule has 0 aliphatic heterocycles. The second-order valence-corrected chi connectivity index (χ2v) is 7.74. The van der Waals surface area contributed by atoms with E-state index in [0.717, 1.165) is 41.9 Å². The summed E-state index contributed by atoms with van der Waals surface area (Å²) in [5.41, 5.74) is 2.01. The van der Waals surface area contributed by atoms with Crippen LogP contribution in [-0.2, 0) is 6.18 Å². The molecule has 0 N–H and O–H groups in total. The molecular formula is C26H25F3N2O. The van der Waals surface area contributed by atoms with Crippen molar-refractivity contribution in [2.24, 2.45) is 0 Å². The standard InChI is InChI=1S/C26H25F3N2O/c1-2-3-4-8-16-32-22-14-15-23-24(18-22)31(21-12-6-5-7-13-21)25(30-23)19-10-9-11-20(17-19)26(27,28)29/h5-7,9-15,17-18H,2-4,8,16H2,1H3. The Morgan fingerprint density at radius 1 is 0.875 bits per heavy atom. The van der Waals surface area contributed by atoms with E-state index in [1.165, 1.54) is 18.9 Å². The van der Waals surface area contributed by atoms with E-state index in [2.05, 4.69) is 11.9 Å². The van der Waals surface area contributed by atoms with Crippen LogP contribution < -0.4 is 4.74 Å². The smallest absolute Gasteiger partial charge is 0.416 e. The van der Waals surface area contributed by atoms with Crippen LogP contribution in [0.4, 0.5) is 13.2 Å². The zero-order chi connectivity index (χ0) is 22.6. The molecule has 4 aromatic rings. The molecule has 3 aromatic carbocycles.